The molecular formula is C25H23N7O4S. The van der Waals surface area contributed by atoms with Crippen molar-refractivity contribution in [2.75, 3.05) is 38.6 Å². The molecule has 188 valence electrons. The Labute approximate surface area is 214 Å². The minimum absolute atomic E-state index is 0.0729. The highest BCUT2D eigenvalue weighted by Gasteiger charge is 2.19. The summed E-state index contributed by atoms with van der Waals surface area (Å²) in [6.07, 6.45) is 1.07. The fourth-order valence-electron chi connectivity index (χ4n) is 4.37. The van der Waals surface area contributed by atoms with Gasteiger partial charge in [-0.15, -0.1) is 22.0 Å². The summed E-state index contributed by atoms with van der Waals surface area (Å²) in [6.45, 7) is 4.63. The molecule has 2 aromatic heterocycles. The van der Waals surface area contributed by atoms with Gasteiger partial charge in [-0.25, -0.2) is 9.97 Å². The van der Waals surface area contributed by atoms with Gasteiger partial charge in [0, 0.05) is 28.8 Å². The van der Waals surface area contributed by atoms with Crippen molar-refractivity contribution in [1.82, 2.24) is 25.2 Å². The zero-order chi connectivity index (χ0) is 25.2. The molecule has 1 saturated heterocycles. The van der Waals surface area contributed by atoms with Crippen molar-refractivity contribution in [3.8, 4) is 5.75 Å². The number of ether oxygens (including phenoxy) is 1. The van der Waals surface area contributed by atoms with Gasteiger partial charge < -0.3 is 9.84 Å². The molecule has 1 aliphatic rings. The van der Waals surface area contributed by atoms with Gasteiger partial charge in [0.1, 0.15) is 22.5 Å². The van der Waals surface area contributed by atoms with Crippen LogP contribution in [0.3, 0.4) is 0 Å². The molecule has 1 fully saturated rings. The molecule has 0 unspecified atom stereocenters. The Morgan fingerprint density at radius 2 is 1.97 bits per heavy atom. The molecule has 0 radical (unpaired) electrons. The van der Waals surface area contributed by atoms with Crippen LogP contribution in [0.1, 0.15) is 16.8 Å². The normalized spacial score (nSPS) is 14.9. The van der Waals surface area contributed by atoms with Gasteiger partial charge >= 0.3 is 0 Å². The van der Waals surface area contributed by atoms with Crippen LogP contribution in [-0.4, -0.2) is 74.8 Å². The number of fused-ring (bicyclic) bond motifs is 4. The summed E-state index contributed by atoms with van der Waals surface area (Å²) in [7, 11) is 0. The number of aromatic nitrogens is 4. The lowest BCUT2D eigenvalue weighted by Gasteiger charge is -2.26. The second-order valence-corrected chi connectivity index (χ2v) is 9.78. The van der Waals surface area contributed by atoms with Crippen LogP contribution < -0.4 is 0 Å². The number of amides is 1. The number of phenolic OH excluding ortho intramolecular Hbond substituents is 1. The summed E-state index contributed by atoms with van der Waals surface area (Å²) in [4.78, 5) is 25.4. The van der Waals surface area contributed by atoms with E-state index in [1.165, 1.54) is 12.1 Å². The lowest BCUT2D eigenvalue weighted by Crippen LogP contribution is -2.36. The number of H-pyrrole nitrogens is 1. The van der Waals surface area contributed by atoms with Crippen LogP contribution >= 0.6 is 11.8 Å². The van der Waals surface area contributed by atoms with E-state index >= 15 is 0 Å². The van der Waals surface area contributed by atoms with E-state index in [0.29, 0.717) is 28.0 Å². The predicted molar refractivity (Wildman–Crippen MR) is 139 cm³/mol. The second-order valence-electron chi connectivity index (χ2n) is 8.61. The molecule has 5 aromatic rings. The van der Waals surface area contributed by atoms with Crippen molar-refractivity contribution >= 4 is 56.5 Å². The van der Waals surface area contributed by atoms with Crippen LogP contribution in [0.2, 0.25) is 0 Å². The summed E-state index contributed by atoms with van der Waals surface area (Å²) < 4.78 is 10.3. The Balaban J connectivity index is 1.32. The lowest BCUT2D eigenvalue weighted by molar-refractivity contribution is 0.0381. The number of aromatic amines is 1. The number of rotatable bonds is 7. The Bertz CT molecular complexity index is 1620. The van der Waals surface area contributed by atoms with E-state index in [2.05, 4.69) is 41.5 Å². The van der Waals surface area contributed by atoms with Crippen molar-refractivity contribution in [2.45, 2.75) is 11.3 Å². The van der Waals surface area contributed by atoms with E-state index in [-0.39, 0.29) is 11.3 Å². The average molecular weight is 518 g/mol. The highest BCUT2D eigenvalue weighted by Crippen LogP contribution is 2.40. The first-order valence-electron chi connectivity index (χ1n) is 11.9. The smallest absolute Gasteiger partial charge is 0.299 e. The zero-order valence-electron chi connectivity index (χ0n) is 19.8. The maximum absolute atomic E-state index is 12.7. The van der Waals surface area contributed by atoms with Gasteiger partial charge in [-0.3, -0.25) is 14.3 Å². The Morgan fingerprint density at radius 3 is 2.84 bits per heavy atom. The first-order chi connectivity index (χ1) is 18.2. The molecule has 0 saturated carbocycles. The number of hydrogen-bond acceptors (Lipinski definition) is 10. The highest BCUT2D eigenvalue weighted by atomic mass is 32.2. The number of benzene rings is 2. The fraction of sp³-hybridized carbons (Fsp3) is 0.280. The summed E-state index contributed by atoms with van der Waals surface area (Å²) in [5.74, 6) is 0.163. The molecule has 0 atom stereocenters. The van der Waals surface area contributed by atoms with Crippen molar-refractivity contribution in [3.05, 3.63) is 48.0 Å². The third-order valence-corrected chi connectivity index (χ3v) is 7.32. The number of nitrogens with zero attached hydrogens (tertiary/aromatic N) is 6. The van der Waals surface area contributed by atoms with E-state index in [1.807, 2.05) is 12.1 Å². The van der Waals surface area contributed by atoms with Crippen molar-refractivity contribution in [3.63, 3.8) is 0 Å². The number of hydrogen-bond donors (Lipinski definition) is 2. The predicted octanol–water partition coefficient (Wildman–Crippen LogP) is 4.70. The van der Waals surface area contributed by atoms with E-state index in [4.69, 9.17) is 9.37 Å². The minimum Gasteiger partial charge on any atom is -0.507 e. The summed E-state index contributed by atoms with van der Waals surface area (Å²) >= 11 is 1.77. The second kappa shape index (κ2) is 10.2. The summed E-state index contributed by atoms with van der Waals surface area (Å²) in [5, 5.41) is 26.3. The van der Waals surface area contributed by atoms with Gasteiger partial charge in [-0.05, 0) is 48.1 Å². The molecule has 1 aliphatic heterocycles. The van der Waals surface area contributed by atoms with Crippen LogP contribution in [-0.2, 0) is 4.74 Å². The van der Waals surface area contributed by atoms with E-state index in [9.17, 15) is 9.90 Å². The van der Waals surface area contributed by atoms with Gasteiger partial charge in [-0.2, -0.15) is 5.16 Å². The largest absolute Gasteiger partial charge is 0.507 e. The Morgan fingerprint density at radius 1 is 1.11 bits per heavy atom. The van der Waals surface area contributed by atoms with Crippen LogP contribution in [0.15, 0.2) is 62.2 Å². The average Bonchev–Trinajstić information content (AvgIpc) is 3.50. The minimum atomic E-state index is -0.653. The third-order valence-electron chi connectivity index (χ3n) is 6.24. The number of phenols is 1. The first-order valence-corrected chi connectivity index (χ1v) is 12.9. The maximum atomic E-state index is 12.7. The van der Waals surface area contributed by atoms with E-state index in [0.717, 1.165) is 60.7 Å². The van der Waals surface area contributed by atoms with Gasteiger partial charge in [0.15, 0.2) is 0 Å². The maximum Gasteiger partial charge on any atom is 0.299 e. The molecule has 3 heterocycles. The van der Waals surface area contributed by atoms with Gasteiger partial charge in [0.05, 0.1) is 18.8 Å². The number of carbonyl (C=O) groups is 1. The lowest BCUT2D eigenvalue weighted by atomic mass is 10.2. The van der Waals surface area contributed by atoms with E-state index in [1.54, 1.807) is 23.9 Å². The molecule has 6 rings (SSSR count). The van der Waals surface area contributed by atoms with Crippen molar-refractivity contribution in [1.29, 1.82) is 0 Å². The van der Waals surface area contributed by atoms with Crippen LogP contribution in [0.4, 0.5) is 5.69 Å². The highest BCUT2D eigenvalue weighted by molar-refractivity contribution is 7.99. The molecule has 3 aromatic carbocycles. The molecule has 37 heavy (non-hydrogen) atoms. The molecule has 0 spiro atoms. The molecule has 2 N–H and O–H groups in total. The van der Waals surface area contributed by atoms with Crippen molar-refractivity contribution < 1.29 is 19.3 Å². The number of azo groups is 1. The molecule has 0 bridgehead atoms. The van der Waals surface area contributed by atoms with E-state index < -0.39 is 5.91 Å². The van der Waals surface area contributed by atoms with Crippen LogP contribution in [0.25, 0.3) is 33.1 Å². The first kappa shape index (κ1) is 23.5. The summed E-state index contributed by atoms with van der Waals surface area (Å²) in [5.41, 5.74) is 2.28. The van der Waals surface area contributed by atoms with Crippen molar-refractivity contribution in [2.24, 2.45) is 10.2 Å². The van der Waals surface area contributed by atoms with Gasteiger partial charge in [0.25, 0.3) is 5.91 Å². The topological polar surface area (TPSA) is 142 Å². The zero-order valence-corrected chi connectivity index (χ0v) is 20.6. The number of carbonyl (C=O) groups excluding carboxylic acids is 1. The number of thioether (sulfide) groups is 1. The van der Waals surface area contributed by atoms with Crippen LogP contribution in [0.5, 0.6) is 5.75 Å². The fourth-order valence-corrected chi connectivity index (χ4v) is 5.25. The number of para-hydroxylation sites is 1. The Hall–Kier alpha value is -3.87. The van der Waals surface area contributed by atoms with Gasteiger partial charge in [0.2, 0.25) is 11.3 Å². The molecule has 11 nitrogen and oxygen atoms in total. The third kappa shape index (κ3) is 4.78. The number of nitrogens with one attached hydrogen (secondary N) is 1. The monoisotopic (exact) mass is 517 g/mol. The number of aromatic hydroxyl groups is 1. The molecule has 1 amide bonds. The molecule has 12 heteroatoms. The molecule has 0 aliphatic carbocycles. The Kier molecular flexibility index (Phi) is 6.51. The van der Waals surface area contributed by atoms with Gasteiger partial charge in [-0.1, -0.05) is 18.2 Å². The number of morpholine rings is 1. The quantitative estimate of drug-likeness (QED) is 0.178. The standard InChI is InChI=1S/C25H23N7O4S/c33-19-5-2-1-4-17(19)25(34)29-28-21-18-14-15(37-13-3-8-32-9-11-35-12-10-32)6-7-16(18)20-22(21)27-24-23(26-20)30-36-31-24/h1-2,4-7,14,33H,3,8-13H2,(H,27,31). The molecular weight excluding hydrogens is 494 g/mol. The summed E-state index contributed by atoms with van der Waals surface area (Å²) in [6, 6.07) is 12.3. The van der Waals surface area contributed by atoms with Crippen LogP contribution in [0, 0.1) is 0 Å². The SMILES string of the molecule is O=C(N=Nc1c2cc(SCCCN3CCOCC3)ccc2c2nc3no[nH]c3nc12)c1ccccc1O.